The summed E-state index contributed by atoms with van der Waals surface area (Å²) in [6, 6.07) is 4.24. The molecule has 1 unspecified atom stereocenters. The quantitative estimate of drug-likeness (QED) is 0.918. The van der Waals surface area contributed by atoms with Crippen molar-refractivity contribution < 1.29 is 13.9 Å². The van der Waals surface area contributed by atoms with Crippen LogP contribution in [0.25, 0.3) is 0 Å². The molecule has 6 nitrogen and oxygen atoms in total. The number of aromatic nitrogens is 3. The van der Waals surface area contributed by atoms with Crippen LogP contribution in [0.15, 0.2) is 30.9 Å². The molecule has 0 saturated carbocycles. The van der Waals surface area contributed by atoms with Crippen LogP contribution in [0.5, 0.6) is 5.75 Å². The van der Waals surface area contributed by atoms with Crippen LogP contribution in [0, 0.1) is 5.82 Å². The van der Waals surface area contributed by atoms with E-state index in [2.05, 4.69) is 15.4 Å². The molecular weight excluding hydrogens is 299 g/mol. The molecule has 0 aliphatic carbocycles. The molecule has 0 saturated heterocycles. The molecule has 3 rings (SSSR count). The Morgan fingerprint density at radius 2 is 2.39 bits per heavy atom. The summed E-state index contributed by atoms with van der Waals surface area (Å²) in [6.45, 7) is 1.23. The standard InChI is InChI=1S/C16H19FN4O2/c17-12-5-6-15-13(9-12)14(3-2-8-23-15)20-16(22)4-1-7-21-11-18-10-19-21/h5-6,9-11,14H,1-4,7-8H2,(H,20,22). The second-order valence-electron chi connectivity index (χ2n) is 5.56. The van der Waals surface area contributed by atoms with Gasteiger partial charge in [-0.2, -0.15) is 5.10 Å². The number of carbonyl (C=O) groups is 1. The SMILES string of the molecule is O=C(CCCn1cncn1)NC1CCCOc2ccc(F)cc21. The van der Waals surface area contributed by atoms with Gasteiger partial charge in [-0.25, -0.2) is 9.37 Å². The van der Waals surface area contributed by atoms with Crippen molar-refractivity contribution in [3.8, 4) is 5.75 Å². The van der Waals surface area contributed by atoms with Crippen molar-refractivity contribution in [1.82, 2.24) is 20.1 Å². The second kappa shape index (κ2) is 7.21. The number of amides is 1. The average molecular weight is 318 g/mol. The van der Waals surface area contributed by atoms with Gasteiger partial charge >= 0.3 is 0 Å². The van der Waals surface area contributed by atoms with Crippen molar-refractivity contribution in [3.05, 3.63) is 42.2 Å². The van der Waals surface area contributed by atoms with Gasteiger partial charge in [-0.05, 0) is 37.5 Å². The second-order valence-corrected chi connectivity index (χ2v) is 5.56. The molecule has 1 aliphatic heterocycles. The fourth-order valence-corrected chi connectivity index (χ4v) is 2.71. The topological polar surface area (TPSA) is 69.0 Å². The lowest BCUT2D eigenvalue weighted by molar-refractivity contribution is -0.122. The summed E-state index contributed by atoms with van der Waals surface area (Å²) >= 11 is 0. The first-order valence-electron chi connectivity index (χ1n) is 7.76. The van der Waals surface area contributed by atoms with Crippen LogP contribution in [0.2, 0.25) is 0 Å². The van der Waals surface area contributed by atoms with Gasteiger partial charge in [0.05, 0.1) is 12.6 Å². The van der Waals surface area contributed by atoms with Crippen LogP contribution < -0.4 is 10.1 Å². The molecule has 0 radical (unpaired) electrons. The van der Waals surface area contributed by atoms with Crippen molar-refractivity contribution in [2.24, 2.45) is 0 Å². The van der Waals surface area contributed by atoms with Gasteiger partial charge in [0.2, 0.25) is 5.91 Å². The van der Waals surface area contributed by atoms with Crippen LogP contribution >= 0.6 is 0 Å². The third-order valence-electron chi connectivity index (χ3n) is 3.83. The highest BCUT2D eigenvalue weighted by atomic mass is 19.1. The Kier molecular flexibility index (Phi) is 4.85. The minimum atomic E-state index is -0.320. The first-order chi connectivity index (χ1) is 11.2. The van der Waals surface area contributed by atoms with Gasteiger partial charge in [0.15, 0.2) is 0 Å². The Balaban J connectivity index is 1.58. The molecule has 1 amide bonds. The molecule has 1 aliphatic rings. The summed E-state index contributed by atoms with van der Waals surface area (Å²) in [5, 5.41) is 6.99. The van der Waals surface area contributed by atoms with Crippen molar-refractivity contribution in [1.29, 1.82) is 0 Å². The number of nitrogens with one attached hydrogen (secondary N) is 1. The smallest absolute Gasteiger partial charge is 0.220 e. The van der Waals surface area contributed by atoms with Gasteiger partial charge in [-0.15, -0.1) is 0 Å². The molecule has 0 spiro atoms. The van der Waals surface area contributed by atoms with E-state index in [1.165, 1.54) is 18.5 Å². The van der Waals surface area contributed by atoms with E-state index in [1.54, 1.807) is 17.1 Å². The number of hydrogen-bond acceptors (Lipinski definition) is 4. The number of nitrogens with zero attached hydrogens (tertiary/aromatic N) is 3. The predicted octanol–water partition coefficient (Wildman–Crippen LogP) is 2.23. The molecule has 122 valence electrons. The predicted molar refractivity (Wildman–Crippen MR) is 81.3 cm³/mol. The van der Waals surface area contributed by atoms with E-state index < -0.39 is 0 Å². The van der Waals surface area contributed by atoms with Gasteiger partial charge in [-0.1, -0.05) is 0 Å². The Hall–Kier alpha value is -2.44. The van der Waals surface area contributed by atoms with E-state index >= 15 is 0 Å². The maximum atomic E-state index is 13.5. The zero-order valence-electron chi connectivity index (χ0n) is 12.7. The maximum absolute atomic E-state index is 13.5. The fraction of sp³-hybridized carbons (Fsp3) is 0.438. The number of ether oxygens (including phenoxy) is 1. The third-order valence-corrected chi connectivity index (χ3v) is 3.83. The highest BCUT2D eigenvalue weighted by Crippen LogP contribution is 2.32. The van der Waals surface area contributed by atoms with Crippen LogP contribution in [-0.4, -0.2) is 27.3 Å². The molecule has 0 fully saturated rings. The van der Waals surface area contributed by atoms with Crippen LogP contribution in [0.3, 0.4) is 0 Å². The first-order valence-corrected chi connectivity index (χ1v) is 7.76. The van der Waals surface area contributed by atoms with Crippen LogP contribution in [0.4, 0.5) is 4.39 Å². The zero-order valence-corrected chi connectivity index (χ0v) is 12.7. The summed E-state index contributed by atoms with van der Waals surface area (Å²) in [5.41, 5.74) is 0.715. The molecule has 1 aromatic carbocycles. The normalized spacial score (nSPS) is 17.0. The van der Waals surface area contributed by atoms with Gasteiger partial charge < -0.3 is 10.1 Å². The Labute approximate surface area is 133 Å². The highest BCUT2D eigenvalue weighted by Gasteiger charge is 2.22. The zero-order chi connectivity index (χ0) is 16.1. The molecule has 7 heteroatoms. The van der Waals surface area contributed by atoms with Crippen molar-refractivity contribution in [3.63, 3.8) is 0 Å². The Morgan fingerprint density at radius 1 is 1.48 bits per heavy atom. The average Bonchev–Trinajstić information content (AvgIpc) is 2.97. The summed E-state index contributed by atoms with van der Waals surface area (Å²) in [7, 11) is 0. The van der Waals surface area contributed by atoms with Crippen LogP contribution in [0.1, 0.15) is 37.3 Å². The van der Waals surface area contributed by atoms with Gasteiger partial charge in [0, 0.05) is 18.5 Å². The van der Waals surface area contributed by atoms with Gasteiger partial charge in [0.1, 0.15) is 24.2 Å². The molecular formula is C16H19FN4O2. The highest BCUT2D eigenvalue weighted by molar-refractivity contribution is 5.76. The Morgan fingerprint density at radius 3 is 3.22 bits per heavy atom. The number of hydrogen-bond donors (Lipinski definition) is 1. The number of carbonyl (C=O) groups excluding carboxylic acids is 1. The summed E-state index contributed by atoms with van der Waals surface area (Å²) in [5.74, 6) is 0.281. The molecule has 1 atom stereocenters. The van der Waals surface area contributed by atoms with E-state index in [4.69, 9.17) is 4.74 Å². The Bertz CT molecular complexity index is 660. The third kappa shape index (κ3) is 4.06. The lowest BCUT2D eigenvalue weighted by atomic mass is 10.0. The van der Waals surface area contributed by atoms with E-state index in [0.717, 1.165) is 12.8 Å². The number of halogens is 1. The lowest BCUT2D eigenvalue weighted by Crippen LogP contribution is -2.28. The van der Waals surface area contributed by atoms with E-state index in [0.29, 0.717) is 37.3 Å². The van der Waals surface area contributed by atoms with Crippen molar-refractivity contribution in [2.75, 3.05) is 6.61 Å². The maximum Gasteiger partial charge on any atom is 0.220 e. The largest absolute Gasteiger partial charge is 0.493 e. The first kappa shape index (κ1) is 15.5. The monoisotopic (exact) mass is 318 g/mol. The molecule has 1 aromatic heterocycles. The number of benzene rings is 1. The fourth-order valence-electron chi connectivity index (χ4n) is 2.71. The van der Waals surface area contributed by atoms with E-state index in [1.807, 2.05) is 0 Å². The number of rotatable bonds is 5. The van der Waals surface area contributed by atoms with E-state index in [-0.39, 0.29) is 17.8 Å². The molecule has 2 aromatic rings. The summed E-state index contributed by atoms with van der Waals surface area (Å²) < 4.78 is 20.8. The summed E-state index contributed by atoms with van der Waals surface area (Å²) in [4.78, 5) is 16.0. The number of aryl methyl sites for hydroxylation is 1. The van der Waals surface area contributed by atoms with Crippen LogP contribution in [-0.2, 0) is 11.3 Å². The lowest BCUT2D eigenvalue weighted by Gasteiger charge is -2.18. The van der Waals surface area contributed by atoms with E-state index in [9.17, 15) is 9.18 Å². The molecule has 2 heterocycles. The number of fused-ring (bicyclic) bond motifs is 1. The molecule has 1 N–H and O–H groups in total. The van der Waals surface area contributed by atoms with Gasteiger partial charge in [0.25, 0.3) is 0 Å². The van der Waals surface area contributed by atoms with Gasteiger partial charge in [-0.3, -0.25) is 9.48 Å². The van der Waals surface area contributed by atoms with Crippen molar-refractivity contribution in [2.45, 2.75) is 38.3 Å². The minimum absolute atomic E-state index is 0.0489. The molecule has 23 heavy (non-hydrogen) atoms. The summed E-state index contributed by atoms with van der Waals surface area (Å²) in [6.07, 6.45) is 5.72. The molecule has 0 bridgehead atoms. The van der Waals surface area contributed by atoms with Crippen molar-refractivity contribution >= 4 is 5.91 Å². The minimum Gasteiger partial charge on any atom is -0.493 e.